The van der Waals surface area contributed by atoms with Crippen LogP contribution in [0.4, 0.5) is 0 Å². The van der Waals surface area contributed by atoms with Crippen LogP contribution >= 0.6 is 0 Å². The third-order valence-electron chi connectivity index (χ3n) is 4.83. The molecule has 146 valence electrons. The van der Waals surface area contributed by atoms with Crippen LogP contribution in [0.15, 0.2) is 51.7 Å². The van der Waals surface area contributed by atoms with Gasteiger partial charge in [0, 0.05) is 19.0 Å². The number of nitrogens with zero attached hydrogens (tertiary/aromatic N) is 3. The van der Waals surface area contributed by atoms with Gasteiger partial charge >= 0.3 is 0 Å². The van der Waals surface area contributed by atoms with E-state index in [0.717, 1.165) is 24.2 Å². The summed E-state index contributed by atoms with van der Waals surface area (Å²) < 4.78 is 21.5. The average Bonchev–Trinajstić information content (AvgIpc) is 3.44. The number of aromatic nitrogens is 2. The summed E-state index contributed by atoms with van der Waals surface area (Å²) in [4.78, 5) is 14.2. The maximum absolute atomic E-state index is 12.4. The molecule has 0 N–H and O–H groups in total. The summed E-state index contributed by atoms with van der Waals surface area (Å²) in [5.74, 6) is 2.57. The van der Waals surface area contributed by atoms with Crippen molar-refractivity contribution in [2.45, 2.75) is 18.8 Å². The highest BCUT2D eigenvalue weighted by Gasteiger charge is 2.27. The number of carbonyl (C=O) groups excluding carboxylic acids is 1. The SMILES string of the molecule is COc1ccc(OCC(=O)N2CCC(c3nnc(-c4ccoc4)o3)CC2)cc1. The van der Waals surface area contributed by atoms with Crippen LogP contribution in [0.1, 0.15) is 24.7 Å². The molecule has 0 atom stereocenters. The Morgan fingerprint density at radius 2 is 1.89 bits per heavy atom. The molecular formula is C20H21N3O5. The number of amides is 1. The Morgan fingerprint density at radius 1 is 1.14 bits per heavy atom. The summed E-state index contributed by atoms with van der Waals surface area (Å²) in [6.07, 6.45) is 4.70. The molecule has 1 aromatic carbocycles. The number of likely N-dealkylation sites (tertiary alicyclic amines) is 1. The van der Waals surface area contributed by atoms with Crippen LogP contribution in [-0.2, 0) is 4.79 Å². The van der Waals surface area contributed by atoms with Gasteiger partial charge in [-0.3, -0.25) is 4.79 Å². The molecule has 1 fully saturated rings. The minimum Gasteiger partial charge on any atom is -0.497 e. The Balaban J connectivity index is 1.27. The topological polar surface area (TPSA) is 90.8 Å². The summed E-state index contributed by atoms with van der Waals surface area (Å²) in [6, 6.07) is 8.94. The maximum atomic E-state index is 12.4. The lowest BCUT2D eigenvalue weighted by Gasteiger charge is -2.30. The Morgan fingerprint density at radius 3 is 2.57 bits per heavy atom. The zero-order valence-electron chi connectivity index (χ0n) is 15.5. The van der Waals surface area contributed by atoms with Crippen LogP contribution in [0.2, 0.25) is 0 Å². The monoisotopic (exact) mass is 383 g/mol. The van der Waals surface area contributed by atoms with Crippen molar-refractivity contribution in [1.82, 2.24) is 15.1 Å². The van der Waals surface area contributed by atoms with Gasteiger partial charge in [0.05, 0.1) is 18.9 Å². The van der Waals surface area contributed by atoms with Crippen LogP contribution in [0, 0.1) is 0 Å². The molecule has 0 aliphatic carbocycles. The molecule has 1 amide bonds. The van der Waals surface area contributed by atoms with Crippen LogP contribution in [-0.4, -0.2) is 47.8 Å². The Bertz CT molecular complexity index is 896. The van der Waals surface area contributed by atoms with E-state index in [0.29, 0.717) is 30.6 Å². The van der Waals surface area contributed by atoms with Crippen molar-refractivity contribution in [2.24, 2.45) is 0 Å². The van der Waals surface area contributed by atoms with Gasteiger partial charge in [0.1, 0.15) is 17.8 Å². The highest BCUT2D eigenvalue weighted by Crippen LogP contribution is 2.29. The number of hydrogen-bond donors (Lipinski definition) is 0. The maximum Gasteiger partial charge on any atom is 0.260 e. The van der Waals surface area contributed by atoms with Gasteiger partial charge in [0.25, 0.3) is 11.8 Å². The summed E-state index contributed by atoms with van der Waals surface area (Å²) in [6.45, 7) is 1.29. The first kappa shape index (κ1) is 18.1. The van der Waals surface area contributed by atoms with Crippen LogP contribution in [0.25, 0.3) is 11.5 Å². The molecule has 3 heterocycles. The zero-order chi connectivity index (χ0) is 19.3. The Kier molecular flexibility index (Phi) is 5.27. The number of carbonyl (C=O) groups is 1. The van der Waals surface area contributed by atoms with Crippen molar-refractivity contribution >= 4 is 5.91 Å². The number of benzene rings is 1. The van der Waals surface area contributed by atoms with Crippen LogP contribution in [0.3, 0.4) is 0 Å². The van der Waals surface area contributed by atoms with Gasteiger partial charge in [-0.1, -0.05) is 0 Å². The molecule has 3 aromatic rings. The molecule has 1 saturated heterocycles. The summed E-state index contributed by atoms with van der Waals surface area (Å²) in [7, 11) is 1.61. The molecule has 1 aliphatic rings. The molecule has 0 saturated carbocycles. The van der Waals surface area contributed by atoms with Gasteiger partial charge in [-0.15, -0.1) is 10.2 Å². The van der Waals surface area contributed by atoms with Crippen molar-refractivity contribution in [2.75, 3.05) is 26.8 Å². The molecule has 4 rings (SSSR count). The summed E-state index contributed by atoms with van der Waals surface area (Å²) in [5.41, 5.74) is 0.766. The van der Waals surface area contributed by atoms with Crippen LogP contribution < -0.4 is 9.47 Å². The summed E-state index contributed by atoms with van der Waals surface area (Å²) >= 11 is 0. The van der Waals surface area contributed by atoms with Crippen molar-refractivity contribution < 1.29 is 23.1 Å². The Hall–Kier alpha value is -3.29. The highest BCUT2D eigenvalue weighted by atomic mass is 16.5. The minimum atomic E-state index is -0.0288. The fourth-order valence-corrected chi connectivity index (χ4v) is 3.19. The lowest BCUT2D eigenvalue weighted by atomic mass is 9.97. The van der Waals surface area contributed by atoms with E-state index in [1.54, 1.807) is 50.0 Å². The quantitative estimate of drug-likeness (QED) is 0.646. The van der Waals surface area contributed by atoms with E-state index in [1.807, 2.05) is 4.90 Å². The first-order valence-corrected chi connectivity index (χ1v) is 9.13. The number of hydrogen-bond acceptors (Lipinski definition) is 7. The van der Waals surface area contributed by atoms with Crippen molar-refractivity contribution in [3.05, 3.63) is 48.7 Å². The Labute approximate surface area is 162 Å². The third kappa shape index (κ3) is 4.00. The molecule has 0 bridgehead atoms. The first-order valence-electron chi connectivity index (χ1n) is 9.13. The van der Waals surface area contributed by atoms with Gasteiger partial charge in [-0.2, -0.15) is 0 Å². The zero-order valence-corrected chi connectivity index (χ0v) is 15.5. The van der Waals surface area contributed by atoms with Crippen molar-refractivity contribution in [3.63, 3.8) is 0 Å². The molecular weight excluding hydrogens is 362 g/mol. The normalized spacial score (nSPS) is 14.8. The average molecular weight is 383 g/mol. The lowest BCUT2D eigenvalue weighted by molar-refractivity contribution is -0.134. The number of methoxy groups -OCH3 is 1. The second kappa shape index (κ2) is 8.16. The second-order valence-electron chi connectivity index (χ2n) is 6.58. The molecule has 2 aromatic heterocycles. The number of ether oxygens (including phenoxy) is 2. The van der Waals surface area contributed by atoms with Gasteiger partial charge in [0.15, 0.2) is 6.61 Å². The predicted molar refractivity (Wildman–Crippen MR) is 99.0 cm³/mol. The van der Waals surface area contributed by atoms with Crippen LogP contribution in [0.5, 0.6) is 11.5 Å². The largest absolute Gasteiger partial charge is 0.497 e. The van der Waals surface area contributed by atoms with E-state index < -0.39 is 0 Å². The number of piperidine rings is 1. The van der Waals surface area contributed by atoms with Crippen molar-refractivity contribution in [1.29, 1.82) is 0 Å². The fourth-order valence-electron chi connectivity index (χ4n) is 3.19. The van der Waals surface area contributed by atoms with E-state index in [2.05, 4.69) is 10.2 Å². The standard InChI is InChI=1S/C20H21N3O5/c1-25-16-2-4-17(5-3-16)27-13-18(24)23-9-6-14(7-10-23)19-21-22-20(28-19)15-8-11-26-12-15/h2-5,8,11-12,14H,6-7,9-10,13H2,1H3. The molecule has 8 heteroatoms. The van der Waals surface area contributed by atoms with E-state index in [-0.39, 0.29) is 18.4 Å². The van der Waals surface area contributed by atoms with E-state index in [4.69, 9.17) is 18.3 Å². The van der Waals surface area contributed by atoms with E-state index >= 15 is 0 Å². The van der Waals surface area contributed by atoms with Gasteiger partial charge < -0.3 is 23.2 Å². The first-order chi connectivity index (χ1) is 13.7. The van der Waals surface area contributed by atoms with Gasteiger partial charge in [0.2, 0.25) is 5.89 Å². The van der Waals surface area contributed by atoms with E-state index in [9.17, 15) is 4.79 Å². The highest BCUT2D eigenvalue weighted by molar-refractivity contribution is 5.77. The molecule has 28 heavy (non-hydrogen) atoms. The predicted octanol–water partition coefficient (Wildman–Crippen LogP) is 3.12. The molecule has 0 unspecified atom stereocenters. The third-order valence-corrected chi connectivity index (χ3v) is 4.83. The van der Waals surface area contributed by atoms with Gasteiger partial charge in [-0.25, -0.2) is 0 Å². The summed E-state index contributed by atoms with van der Waals surface area (Å²) in [5, 5.41) is 8.24. The minimum absolute atomic E-state index is 0.0161. The molecule has 0 spiro atoms. The molecule has 8 nitrogen and oxygen atoms in total. The van der Waals surface area contributed by atoms with E-state index in [1.165, 1.54) is 0 Å². The second-order valence-corrected chi connectivity index (χ2v) is 6.58. The molecule has 0 radical (unpaired) electrons. The number of furan rings is 1. The smallest absolute Gasteiger partial charge is 0.260 e. The molecule has 1 aliphatic heterocycles. The fraction of sp³-hybridized carbons (Fsp3) is 0.350. The number of rotatable bonds is 6. The van der Waals surface area contributed by atoms with Gasteiger partial charge in [-0.05, 0) is 43.2 Å². The lowest BCUT2D eigenvalue weighted by Crippen LogP contribution is -2.40. The van der Waals surface area contributed by atoms with Crippen molar-refractivity contribution in [3.8, 4) is 23.0 Å².